The Morgan fingerprint density at radius 3 is 2.91 bits per heavy atom. The molecule has 1 aliphatic rings. The second kappa shape index (κ2) is 6.69. The molecule has 5 nitrogen and oxygen atoms in total. The molecule has 1 aliphatic heterocycles. The van der Waals surface area contributed by atoms with Crippen LogP contribution in [-0.2, 0) is 22.4 Å². The summed E-state index contributed by atoms with van der Waals surface area (Å²) in [5.41, 5.74) is 1.40. The highest BCUT2D eigenvalue weighted by molar-refractivity contribution is 5.95. The summed E-state index contributed by atoms with van der Waals surface area (Å²) in [5.74, 6) is 0.208. The zero-order valence-electron chi connectivity index (χ0n) is 13.0. The summed E-state index contributed by atoms with van der Waals surface area (Å²) in [6.07, 6.45) is 2.80. The molecule has 23 heavy (non-hydrogen) atoms. The van der Waals surface area contributed by atoms with Crippen molar-refractivity contribution in [1.29, 1.82) is 0 Å². The van der Waals surface area contributed by atoms with E-state index in [1.807, 2.05) is 31.2 Å². The summed E-state index contributed by atoms with van der Waals surface area (Å²) in [6.45, 7) is 1.93. The van der Waals surface area contributed by atoms with Gasteiger partial charge in [-0.1, -0.05) is 18.2 Å². The SMILES string of the molecule is C[C@H](CCc1ccco1)NC(=O)[C@@H]1Cc2ccccc2C(=O)O1. The van der Waals surface area contributed by atoms with Crippen LogP contribution in [0.3, 0.4) is 0 Å². The third kappa shape index (κ3) is 3.62. The van der Waals surface area contributed by atoms with Crippen LogP contribution >= 0.6 is 0 Å². The van der Waals surface area contributed by atoms with Gasteiger partial charge in [-0.25, -0.2) is 4.79 Å². The molecule has 2 atom stereocenters. The molecule has 0 unspecified atom stereocenters. The number of benzene rings is 1. The van der Waals surface area contributed by atoms with Crippen molar-refractivity contribution in [2.75, 3.05) is 0 Å². The zero-order chi connectivity index (χ0) is 16.2. The Kier molecular flexibility index (Phi) is 4.46. The number of fused-ring (bicyclic) bond motifs is 1. The second-order valence-corrected chi connectivity index (χ2v) is 5.78. The standard InChI is InChI=1S/C18H19NO4/c1-12(8-9-14-6-4-10-22-14)19-17(20)16-11-13-5-2-3-7-15(13)18(21)23-16/h2-7,10,12,16H,8-9,11H2,1H3,(H,19,20)/t12-,16+/m1/s1. The van der Waals surface area contributed by atoms with E-state index in [1.54, 1.807) is 18.4 Å². The Hall–Kier alpha value is -2.56. The lowest BCUT2D eigenvalue weighted by Gasteiger charge is -2.25. The summed E-state index contributed by atoms with van der Waals surface area (Å²) >= 11 is 0. The van der Waals surface area contributed by atoms with Crippen LogP contribution in [0.4, 0.5) is 0 Å². The molecule has 0 bridgehead atoms. The van der Waals surface area contributed by atoms with Gasteiger partial charge in [0, 0.05) is 18.9 Å². The van der Waals surface area contributed by atoms with Gasteiger partial charge in [-0.3, -0.25) is 4.79 Å². The number of hydrogen-bond donors (Lipinski definition) is 1. The molecule has 3 rings (SSSR count). The van der Waals surface area contributed by atoms with Crippen molar-refractivity contribution in [3.8, 4) is 0 Å². The molecule has 1 aromatic carbocycles. The molecule has 0 radical (unpaired) electrons. The Bertz CT molecular complexity index is 693. The number of cyclic esters (lactones) is 1. The maximum Gasteiger partial charge on any atom is 0.339 e. The van der Waals surface area contributed by atoms with Gasteiger partial charge < -0.3 is 14.5 Å². The van der Waals surface area contributed by atoms with Crippen molar-refractivity contribution in [3.63, 3.8) is 0 Å². The molecule has 0 fully saturated rings. The molecule has 0 aliphatic carbocycles. The molecule has 2 heterocycles. The number of amides is 1. The van der Waals surface area contributed by atoms with Crippen LogP contribution in [0.2, 0.25) is 0 Å². The minimum atomic E-state index is -0.761. The fraction of sp³-hybridized carbons (Fsp3) is 0.333. The van der Waals surface area contributed by atoms with E-state index < -0.39 is 12.1 Å². The lowest BCUT2D eigenvalue weighted by atomic mass is 9.98. The zero-order valence-corrected chi connectivity index (χ0v) is 13.0. The molecule has 5 heteroatoms. The van der Waals surface area contributed by atoms with Crippen LogP contribution in [0.1, 0.15) is 35.0 Å². The first-order valence-corrected chi connectivity index (χ1v) is 7.75. The number of ether oxygens (including phenoxy) is 1. The molecular weight excluding hydrogens is 294 g/mol. The van der Waals surface area contributed by atoms with Gasteiger partial charge in [0.05, 0.1) is 11.8 Å². The maximum atomic E-state index is 12.3. The largest absolute Gasteiger partial charge is 0.469 e. The lowest BCUT2D eigenvalue weighted by molar-refractivity contribution is -0.131. The van der Waals surface area contributed by atoms with E-state index in [4.69, 9.17) is 9.15 Å². The molecule has 2 aromatic rings. The van der Waals surface area contributed by atoms with E-state index in [-0.39, 0.29) is 11.9 Å². The molecule has 1 amide bonds. The number of carbonyl (C=O) groups excluding carboxylic acids is 2. The van der Waals surface area contributed by atoms with Crippen molar-refractivity contribution in [2.24, 2.45) is 0 Å². The minimum Gasteiger partial charge on any atom is -0.469 e. The molecule has 0 spiro atoms. The Labute approximate surface area is 134 Å². The van der Waals surface area contributed by atoms with Gasteiger partial charge in [0.15, 0.2) is 6.10 Å². The van der Waals surface area contributed by atoms with Crippen molar-refractivity contribution in [1.82, 2.24) is 5.32 Å². The highest BCUT2D eigenvalue weighted by Gasteiger charge is 2.31. The summed E-state index contributed by atoms with van der Waals surface area (Å²) in [6, 6.07) is 11.0. The fourth-order valence-electron chi connectivity index (χ4n) is 2.70. The first-order chi connectivity index (χ1) is 11.1. The topological polar surface area (TPSA) is 68.5 Å². The van der Waals surface area contributed by atoms with Crippen molar-refractivity contribution >= 4 is 11.9 Å². The predicted molar refractivity (Wildman–Crippen MR) is 84.0 cm³/mol. The van der Waals surface area contributed by atoms with Crippen LogP contribution in [0.15, 0.2) is 47.1 Å². The summed E-state index contributed by atoms with van der Waals surface area (Å²) in [4.78, 5) is 24.3. The van der Waals surface area contributed by atoms with Gasteiger partial charge in [-0.15, -0.1) is 0 Å². The molecular formula is C18H19NO4. The van der Waals surface area contributed by atoms with E-state index in [1.165, 1.54) is 0 Å². The smallest absolute Gasteiger partial charge is 0.339 e. The Morgan fingerprint density at radius 2 is 2.13 bits per heavy atom. The average molecular weight is 313 g/mol. The van der Waals surface area contributed by atoms with E-state index in [0.717, 1.165) is 24.2 Å². The molecule has 1 aromatic heterocycles. The quantitative estimate of drug-likeness (QED) is 0.861. The van der Waals surface area contributed by atoms with Crippen LogP contribution < -0.4 is 5.32 Å². The third-order valence-electron chi connectivity index (χ3n) is 3.98. The highest BCUT2D eigenvalue weighted by atomic mass is 16.5. The second-order valence-electron chi connectivity index (χ2n) is 5.78. The summed E-state index contributed by atoms with van der Waals surface area (Å²) in [5, 5.41) is 2.91. The number of esters is 1. The van der Waals surface area contributed by atoms with Crippen molar-refractivity contribution < 1.29 is 18.7 Å². The van der Waals surface area contributed by atoms with Gasteiger partial charge in [0.2, 0.25) is 0 Å². The number of nitrogens with one attached hydrogen (secondary N) is 1. The predicted octanol–water partition coefficient (Wildman–Crippen LogP) is 2.50. The van der Waals surface area contributed by atoms with E-state index in [2.05, 4.69) is 5.32 Å². The van der Waals surface area contributed by atoms with Crippen LogP contribution in [0.5, 0.6) is 0 Å². The average Bonchev–Trinajstić information content (AvgIpc) is 3.06. The fourth-order valence-corrected chi connectivity index (χ4v) is 2.70. The first kappa shape index (κ1) is 15.3. The molecule has 0 saturated heterocycles. The molecule has 120 valence electrons. The van der Waals surface area contributed by atoms with Gasteiger partial charge in [-0.2, -0.15) is 0 Å². The van der Waals surface area contributed by atoms with Crippen LogP contribution in [0, 0.1) is 0 Å². The van der Waals surface area contributed by atoms with E-state index in [9.17, 15) is 9.59 Å². The van der Waals surface area contributed by atoms with Gasteiger partial charge in [-0.05, 0) is 37.1 Å². The number of furan rings is 1. The minimum absolute atomic E-state index is 0.0246. The van der Waals surface area contributed by atoms with Crippen LogP contribution in [0.25, 0.3) is 0 Å². The molecule has 0 saturated carbocycles. The summed E-state index contributed by atoms with van der Waals surface area (Å²) < 4.78 is 10.5. The number of aryl methyl sites for hydroxylation is 1. The summed E-state index contributed by atoms with van der Waals surface area (Å²) in [7, 11) is 0. The number of rotatable bonds is 5. The number of carbonyl (C=O) groups is 2. The Morgan fingerprint density at radius 1 is 1.30 bits per heavy atom. The van der Waals surface area contributed by atoms with Crippen LogP contribution in [-0.4, -0.2) is 24.0 Å². The first-order valence-electron chi connectivity index (χ1n) is 7.75. The highest BCUT2D eigenvalue weighted by Crippen LogP contribution is 2.20. The lowest BCUT2D eigenvalue weighted by Crippen LogP contribution is -2.45. The third-order valence-corrected chi connectivity index (χ3v) is 3.98. The van der Waals surface area contributed by atoms with E-state index >= 15 is 0 Å². The monoisotopic (exact) mass is 313 g/mol. The van der Waals surface area contributed by atoms with Gasteiger partial charge in [0.1, 0.15) is 5.76 Å². The molecule has 1 N–H and O–H groups in total. The maximum absolute atomic E-state index is 12.3. The van der Waals surface area contributed by atoms with Gasteiger partial charge in [0.25, 0.3) is 5.91 Å². The van der Waals surface area contributed by atoms with Crippen molar-refractivity contribution in [2.45, 2.75) is 38.3 Å². The van der Waals surface area contributed by atoms with Gasteiger partial charge >= 0.3 is 5.97 Å². The van der Waals surface area contributed by atoms with E-state index in [0.29, 0.717) is 12.0 Å². The number of hydrogen-bond acceptors (Lipinski definition) is 4. The normalized spacial score (nSPS) is 18.0. The van der Waals surface area contributed by atoms with Crippen molar-refractivity contribution in [3.05, 3.63) is 59.5 Å². The Balaban J connectivity index is 1.55.